The van der Waals surface area contributed by atoms with E-state index in [2.05, 4.69) is 10.3 Å². The summed E-state index contributed by atoms with van der Waals surface area (Å²) in [5.74, 6) is -0.0584. The lowest BCUT2D eigenvalue weighted by Gasteiger charge is -2.14. The summed E-state index contributed by atoms with van der Waals surface area (Å²) in [7, 11) is 0. The molecule has 0 radical (unpaired) electrons. The molecule has 0 spiro atoms. The molecule has 0 aliphatic heterocycles. The van der Waals surface area contributed by atoms with Crippen LogP contribution in [0.5, 0.6) is 0 Å². The SMILES string of the molecule is CSc1ccc(C(=O)NC(C)c2ccncc2)cc1. The number of rotatable bonds is 4. The van der Waals surface area contributed by atoms with Gasteiger partial charge in [0.05, 0.1) is 6.04 Å². The summed E-state index contributed by atoms with van der Waals surface area (Å²) < 4.78 is 0. The topological polar surface area (TPSA) is 42.0 Å². The highest BCUT2D eigenvalue weighted by molar-refractivity contribution is 7.98. The van der Waals surface area contributed by atoms with Crippen molar-refractivity contribution in [2.75, 3.05) is 6.26 Å². The summed E-state index contributed by atoms with van der Waals surface area (Å²) in [5, 5.41) is 2.98. The Bertz CT molecular complexity index is 540. The molecule has 0 aliphatic carbocycles. The molecule has 98 valence electrons. The van der Waals surface area contributed by atoms with E-state index in [9.17, 15) is 4.79 Å². The molecule has 0 aliphatic rings. The van der Waals surface area contributed by atoms with Crippen molar-refractivity contribution in [3.8, 4) is 0 Å². The summed E-state index contributed by atoms with van der Waals surface area (Å²) >= 11 is 1.66. The quantitative estimate of drug-likeness (QED) is 0.868. The molecular weight excluding hydrogens is 256 g/mol. The standard InChI is InChI=1S/C15H16N2OS/c1-11(12-7-9-16-10-8-12)17-15(18)13-3-5-14(19-2)6-4-13/h3-11H,1-2H3,(H,17,18). The first kappa shape index (κ1) is 13.6. The lowest BCUT2D eigenvalue weighted by Crippen LogP contribution is -2.26. The van der Waals surface area contributed by atoms with Crippen LogP contribution in [0.15, 0.2) is 53.7 Å². The largest absolute Gasteiger partial charge is 0.346 e. The van der Waals surface area contributed by atoms with Gasteiger partial charge in [-0.3, -0.25) is 9.78 Å². The van der Waals surface area contributed by atoms with Gasteiger partial charge in [0, 0.05) is 22.9 Å². The van der Waals surface area contributed by atoms with Crippen molar-refractivity contribution < 1.29 is 4.79 Å². The predicted molar refractivity (Wildman–Crippen MR) is 78.3 cm³/mol. The fourth-order valence-electron chi connectivity index (χ4n) is 1.76. The van der Waals surface area contributed by atoms with Crippen LogP contribution in [0.1, 0.15) is 28.9 Å². The Morgan fingerprint density at radius 1 is 1.16 bits per heavy atom. The number of nitrogens with one attached hydrogen (secondary N) is 1. The number of thioether (sulfide) groups is 1. The third kappa shape index (κ3) is 3.58. The minimum absolute atomic E-state index is 0.0317. The molecule has 1 heterocycles. The van der Waals surface area contributed by atoms with Crippen LogP contribution in [0, 0.1) is 0 Å². The van der Waals surface area contributed by atoms with Gasteiger partial charge in [-0.25, -0.2) is 0 Å². The first-order valence-corrected chi connectivity index (χ1v) is 7.28. The third-order valence-corrected chi connectivity index (χ3v) is 3.65. The van der Waals surface area contributed by atoms with Crippen LogP contribution < -0.4 is 5.32 Å². The van der Waals surface area contributed by atoms with Gasteiger partial charge in [0.25, 0.3) is 5.91 Å². The molecule has 0 fully saturated rings. The number of hydrogen-bond donors (Lipinski definition) is 1. The fraction of sp³-hybridized carbons (Fsp3) is 0.200. The Hall–Kier alpha value is -1.81. The second-order valence-corrected chi connectivity index (χ2v) is 5.08. The minimum Gasteiger partial charge on any atom is -0.346 e. The second-order valence-electron chi connectivity index (χ2n) is 4.20. The molecule has 1 unspecified atom stereocenters. The molecule has 1 atom stereocenters. The average molecular weight is 272 g/mol. The molecule has 0 saturated heterocycles. The summed E-state index contributed by atoms with van der Waals surface area (Å²) in [4.78, 5) is 17.2. The van der Waals surface area contributed by atoms with Crippen molar-refractivity contribution in [1.82, 2.24) is 10.3 Å². The lowest BCUT2D eigenvalue weighted by molar-refractivity contribution is 0.0940. The van der Waals surface area contributed by atoms with Gasteiger partial charge in [-0.2, -0.15) is 0 Å². The molecule has 1 aromatic carbocycles. The van der Waals surface area contributed by atoms with Gasteiger partial charge in [-0.1, -0.05) is 0 Å². The monoisotopic (exact) mass is 272 g/mol. The zero-order valence-electron chi connectivity index (χ0n) is 11.0. The van der Waals surface area contributed by atoms with Gasteiger partial charge in [0.2, 0.25) is 0 Å². The average Bonchev–Trinajstić information content (AvgIpc) is 2.48. The van der Waals surface area contributed by atoms with Gasteiger partial charge in [-0.05, 0) is 55.1 Å². The summed E-state index contributed by atoms with van der Waals surface area (Å²) in [6.07, 6.45) is 5.47. The van der Waals surface area contributed by atoms with E-state index in [1.54, 1.807) is 24.2 Å². The molecule has 0 bridgehead atoms. The zero-order chi connectivity index (χ0) is 13.7. The van der Waals surface area contributed by atoms with E-state index in [-0.39, 0.29) is 11.9 Å². The van der Waals surface area contributed by atoms with E-state index in [1.807, 2.05) is 49.6 Å². The smallest absolute Gasteiger partial charge is 0.251 e. The Labute approximate surface area is 117 Å². The van der Waals surface area contributed by atoms with Crippen LogP contribution in [0.25, 0.3) is 0 Å². The van der Waals surface area contributed by atoms with E-state index >= 15 is 0 Å². The number of benzene rings is 1. The highest BCUT2D eigenvalue weighted by Crippen LogP contribution is 2.16. The molecule has 2 aromatic rings. The Morgan fingerprint density at radius 3 is 2.37 bits per heavy atom. The van der Waals surface area contributed by atoms with Gasteiger partial charge in [0.1, 0.15) is 0 Å². The van der Waals surface area contributed by atoms with Gasteiger partial charge in [-0.15, -0.1) is 11.8 Å². The number of amides is 1. The maximum atomic E-state index is 12.1. The van der Waals surface area contributed by atoms with Gasteiger partial charge in [0.15, 0.2) is 0 Å². The number of nitrogens with zero attached hydrogens (tertiary/aromatic N) is 1. The van der Waals surface area contributed by atoms with Crippen LogP contribution >= 0.6 is 11.8 Å². The highest BCUT2D eigenvalue weighted by atomic mass is 32.2. The zero-order valence-corrected chi connectivity index (χ0v) is 11.8. The van der Waals surface area contributed by atoms with Crippen molar-refractivity contribution in [2.45, 2.75) is 17.9 Å². The van der Waals surface area contributed by atoms with E-state index in [1.165, 1.54) is 0 Å². The Kier molecular flexibility index (Phi) is 4.58. The third-order valence-electron chi connectivity index (χ3n) is 2.91. The Balaban J connectivity index is 2.04. The number of aromatic nitrogens is 1. The number of carbonyl (C=O) groups is 1. The van der Waals surface area contributed by atoms with Crippen LogP contribution in [-0.2, 0) is 0 Å². The second kappa shape index (κ2) is 6.38. The highest BCUT2D eigenvalue weighted by Gasteiger charge is 2.10. The number of hydrogen-bond acceptors (Lipinski definition) is 3. The Morgan fingerprint density at radius 2 is 1.79 bits per heavy atom. The number of carbonyl (C=O) groups excluding carboxylic acids is 1. The molecule has 1 amide bonds. The van der Waals surface area contributed by atoms with E-state index in [4.69, 9.17) is 0 Å². The number of pyridine rings is 1. The summed E-state index contributed by atoms with van der Waals surface area (Å²) in [5.41, 5.74) is 1.72. The van der Waals surface area contributed by atoms with Crippen molar-refractivity contribution in [2.24, 2.45) is 0 Å². The molecule has 19 heavy (non-hydrogen) atoms. The van der Waals surface area contributed by atoms with Crippen LogP contribution in [0.2, 0.25) is 0 Å². The molecule has 4 heteroatoms. The van der Waals surface area contributed by atoms with Crippen LogP contribution in [0.3, 0.4) is 0 Å². The maximum absolute atomic E-state index is 12.1. The molecule has 0 saturated carbocycles. The van der Waals surface area contributed by atoms with Crippen LogP contribution in [0.4, 0.5) is 0 Å². The fourth-order valence-corrected chi connectivity index (χ4v) is 2.17. The van der Waals surface area contributed by atoms with E-state index in [0.717, 1.165) is 10.5 Å². The maximum Gasteiger partial charge on any atom is 0.251 e. The summed E-state index contributed by atoms with van der Waals surface area (Å²) in [6, 6.07) is 11.4. The molecule has 3 nitrogen and oxygen atoms in total. The molecule has 2 rings (SSSR count). The molecule has 1 aromatic heterocycles. The first-order valence-electron chi connectivity index (χ1n) is 6.05. The molecular formula is C15H16N2OS. The van der Waals surface area contributed by atoms with Crippen molar-refractivity contribution in [1.29, 1.82) is 0 Å². The van der Waals surface area contributed by atoms with Gasteiger partial charge < -0.3 is 5.32 Å². The lowest BCUT2D eigenvalue weighted by atomic mass is 10.1. The van der Waals surface area contributed by atoms with E-state index in [0.29, 0.717) is 5.56 Å². The molecule has 1 N–H and O–H groups in total. The van der Waals surface area contributed by atoms with Crippen molar-refractivity contribution in [3.05, 3.63) is 59.9 Å². The first-order chi connectivity index (χ1) is 9.20. The normalized spacial score (nSPS) is 11.9. The minimum atomic E-state index is -0.0584. The predicted octanol–water partition coefficient (Wildman–Crippen LogP) is 3.29. The van der Waals surface area contributed by atoms with Crippen molar-refractivity contribution in [3.63, 3.8) is 0 Å². The van der Waals surface area contributed by atoms with Crippen LogP contribution in [-0.4, -0.2) is 17.1 Å². The van der Waals surface area contributed by atoms with Crippen molar-refractivity contribution >= 4 is 17.7 Å². The van der Waals surface area contributed by atoms with Gasteiger partial charge >= 0.3 is 0 Å². The summed E-state index contributed by atoms with van der Waals surface area (Å²) in [6.45, 7) is 1.96. The van der Waals surface area contributed by atoms with E-state index < -0.39 is 0 Å².